The van der Waals surface area contributed by atoms with E-state index in [4.69, 9.17) is 37.0 Å². The number of aliphatic hydroxyl groups is 1. The number of aliphatic hydroxyl groups excluding tert-OH is 1. The Morgan fingerprint density at radius 3 is 0.731 bits per heavy atom. The lowest BCUT2D eigenvalue weighted by Gasteiger charge is -2.21. The van der Waals surface area contributed by atoms with E-state index >= 15 is 0 Å². The van der Waals surface area contributed by atoms with Gasteiger partial charge in [-0.3, -0.25) is 37.3 Å². The zero-order chi connectivity index (χ0) is 68.4. The maximum Gasteiger partial charge on any atom is 0.472 e. The topological polar surface area (TPSA) is 237 Å². The molecule has 19 heteroatoms. The van der Waals surface area contributed by atoms with Crippen molar-refractivity contribution < 1.29 is 80.2 Å². The average molecular weight is 1370 g/mol. The van der Waals surface area contributed by atoms with Gasteiger partial charge in [-0.15, -0.1) is 0 Å². The number of rotatable bonds is 74. The highest BCUT2D eigenvalue weighted by Crippen LogP contribution is 2.45. The van der Waals surface area contributed by atoms with E-state index in [-0.39, 0.29) is 25.7 Å². The molecule has 5 atom stereocenters. The van der Waals surface area contributed by atoms with Crippen molar-refractivity contribution in [1.82, 2.24) is 0 Å². The summed E-state index contributed by atoms with van der Waals surface area (Å²) in [6.45, 7) is 7.26. The number of esters is 4. The van der Waals surface area contributed by atoms with E-state index in [1.807, 2.05) is 0 Å². The monoisotopic (exact) mass is 1370 g/mol. The number of carbonyl (C=O) groups is 4. The number of hydrogen-bond donors (Lipinski definition) is 3. The molecule has 0 radical (unpaired) electrons. The Labute approximate surface area is 568 Å². The molecule has 0 heterocycles. The fourth-order valence-corrected chi connectivity index (χ4v) is 12.9. The van der Waals surface area contributed by atoms with E-state index < -0.39 is 97.5 Å². The van der Waals surface area contributed by atoms with Gasteiger partial charge in [0, 0.05) is 25.7 Å². The van der Waals surface area contributed by atoms with Crippen LogP contribution in [0.25, 0.3) is 0 Å². The third kappa shape index (κ3) is 68.4. The standard InChI is InChI=1S/C74H144O17P2/c1-6-9-12-15-18-21-24-27-29-32-35-38-45-50-55-60-74(79)90-69(63-84-71(76)57-52-47-42-36-33-31-28-25-22-19-16-13-10-7-2)65-88-92(80,81)86-61-68(75)62-87-93(82,83)89-66-70(64-85-72(77)58-53-48-43-40-39-41-46-51-56-67(4)5)91-73(78)59-54-49-44-37-34-30-26-23-20-17-14-11-8-3/h67-70,75H,6-66H2,1-5H3,(H,80,81)(H,82,83)/t68-,69-,70-/m1/s1. The first-order valence-corrected chi connectivity index (χ1v) is 41.6. The first-order valence-electron chi connectivity index (χ1n) is 38.6. The van der Waals surface area contributed by atoms with E-state index in [9.17, 15) is 43.2 Å². The van der Waals surface area contributed by atoms with Gasteiger partial charge in [0.05, 0.1) is 26.4 Å². The predicted octanol–water partition coefficient (Wildman–Crippen LogP) is 21.7. The first-order chi connectivity index (χ1) is 45.0. The molecule has 0 fully saturated rings. The predicted molar refractivity (Wildman–Crippen MR) is 377 cm³/mol. The molecule has 0 amide bonds. The second-order valence-corrected chi connectivity index (χ2v) is 30.1. The highest BCUT2D eigenvalue weighted by atomic mass is 31.2. The maximum atomic E-state index is 13.1. The van der Waals surface area contributed by atoms with Crippen molar-refractivity contribution in [3.63, 3.8) is 0 Å². The van der Waals surface area contributed by atoms with Crippen LogP contribution in [-0.2, 0) is 65.4 Å². The fraction of sp³-hybridized carbons (Fsp3) is 0.946. The molecule has 552 valence electrons. The van der Waals surface area contributed by atoms with Crippen molar-refractivity contribution in [1.29, 1.82) is 0 Å². The van der Waals surface area contributed by atoms with Gasteiger partial charge in [-0.25, -0.2) is 9.13 Å². The van der Waals surface area contributed by atoms with Crippen LogP contribution < -0.4 is 0 Å². The molecule has 0 aliphatic carbocycles. The smallest absolute Gasteiger partial charge is 0.462 e. The van der Waals surface area contributed by atoms with Gasteiger partial charge < -0.3 is 33.8 Å². The van der Waals surface area contributed by atoms with E-state index in [1.54, 1.807) is 0 Å². The van der Waals surface area contributed by atoms with Crippen molar-refractivity contribution >= 4 is 39.5 Å². The van der Waals surface area contributed by atoms with E-state index in [2.05, 4.69) is 34.6 Å². The molecule has 0 aromatic carbocycles. The van der Waals surface area contributed by atoms with Crippen molar-refractivity contribution in [3.8, 4) is 0 Å². The zero-order valence-electron chi connectivity index (χ0n) is 60.4. The van der Waals surface area contributed by atoms with Gasteiger partial charge in [0.15, 0.2) is 12.2 Å². The molecule has 0 aliphatic rings. The summed E-state index contributed by atoms with van der Waals surface area (Å²) in [6, 6.07) is 0. The Balaban J connectivity index is 5.26. The third-order valence-corrected chi connectivity index (χ3v) is 19.2. The number of unbranched alkanes of at least 4 members (excludes halogenated alkanes) is 46. The summed E-state index contributed by atoms with van der Waals surface area (Å²) in [6.07, 6.45) is 55.3. The molecule has 0 aromatic heterocycles. The van der Waals surface area contributed by atoms with Crippen LogP contribution in [0.2, 0.25) is 0 Å². The van der Waals surface area contributed by atoms with Gasteiger partial charge in [-0.05, 0) is 31.6 Å². The second kappa shape index (κ2) is 67.3. The number of hydrogen-bond acceptors (Lipinski definition) is 15. The number of carbonyl (C=O) groups excluding carboxylic acids is 4. The van der Waals surface area contributed by atoms with Crippen LogP contribution in [0.1, 0.15) is 388 Å². The van der Waals surface area contributed by atoms with Gasteiger partial charge in [0.2, 0.25) is 0 Å². The van der Waals surface area contributed by atoms with Gasteiger partial charge >= 0.3 is 39.5 Å². The summed E-state index contributed by atoms with van der Waals surface area (Å²) in [5, 5.41) is 10.6. The van der Waals surface area contributed by atoms with Gasteiger partial charge in [-0.2, -0.15) is 0 Å². The molecule has 0 aliphatic heterocycles. The molecule has 0 aromatic rings. The maximum absolute atomic E-state index is 13.1. The second-order valence-electron chi connectivity index (χ2n) is 27.2. The fourth-order valence-electron chi connectivity index (χ4n) is 11.4. The van der Waals surface area contributed by atoms with Crippen LogP contribution >= 0.6 is 15.6 Å². The Kier molecular flexibility index (Phi) is 65.9. The minimum absolute atomic E-state index is 0.107. The summed E-state index contributed by atoms with van der Waals surface area (Å²) in [5.74, 6) is -1.39. The summed E-state index contributed by atoms with van der Waals surface area (Å²) < 4.78 is 68.5. The normalized spacial score (nSPS) is 14.0. The molecule has 17 nitrogen and oxygen atoms in total. The van der Waals surface area contributed by atoms with Crippen molar-refractivity contribution in [3.05, 3.63) is 0 Å². The van der Waals surface area contributed by atoms with Gasteiger partial charge in [0.1, 0.15) is 19.3 Å². The lowest BCUT2D eigenvalue weighted by Crippen LogP contribution is -2.30. The molecular formula is C74H144O17P2. The highest BCUT2D eigenvalue weighted by Gasteiger charge is 2.30. The van der Waals surface area contributed by atoms with Crippen LogP contribution in [0, 0.1) is 5.92 Å². The van der Waals surface area contributed by atoms with E-state index in [1.165, 1.54) is 212 Å². The van der Waals surface area contributed by atoms with Crippen molar-refractivity contribution in [2.45, 2.75) is 406 Å². The zero-order valence-corrected chi connectivity index (χ0v) is 62.2. The lowest BCUT2D eigenvalue weighted by atomic mass is 10.0. The van der Waals surface area contributed by atoms with E-state index in [0.717, 1.165) is 95.8 Å². The van der Waals surface area contributed by atoms with Crippen molar-refractivity contribution in [2.24, 2.45) is 5.92 Å². The summed E-state index contributed by atoms with van der Waals surface area (Å²) in [5.41, 5.74) is 0. The van der Waals surface area contributed by atoms with Crippen LogP contribution in [0.4, 0.5) is 0 Å². The molecule has 93 heavy (non-hydrogen) atoms. The van der Waals surface area contributed by atoms with Crippen LogP contribution in [-0.4, -0.2) is 96.7 Å². The quantitative estimate of drug-likeness (QED) is 0.0222. The molecule has 0 rings (SSSR count). The van der Waals surface area contributed by atoms with Crippen molar-refractivity contribution in [2.75, 3.05) is 39.6 Å². The minimum Gasteiger partial charge on any atom is -0.462 e. The molecule has 0 bridgehead atoms. The van der Waals surface area contributed by atoms with Crippen LogP contribution in [0.15, 0.2) is 0 Å². The third-order valence-electron chi connectivity index (χ3n) is 17.3. The number of phosphoric ester groups is 2. The number of phosphoric acid groups is 2. The van der Waals surface area contributed by atoms with Crippen LogP contribution in [0.3, 0.4) is 0 Å². The minimum atomic E-state index is -4.95. The lowest BCUT2D eigenvalue weighted by molar-refractivity contribution is -0.161. The Morgan fingerprint density at radius 1 is 0.290 bits per heavy atom. The van der Waals surface area contributed by atoms with Crippen LogP contribution in [0.5, 0.6) is 0 Å². The van der Waals surface area contributed by atoms with Gasteiger partial charge in [0.25, 0.3) is 0 Å². The highest BCUT2D eigenvalue weighted by molar-refractivity contribution is 7.47. The average Bonchev–Trinajstić information content (AvgIpc) is 1.93. The summed E-state index contributed by atoms with van der Waals surface area (Å²) >= 11 is 0. The molecule has 2 unspecified atom stereocenters. The number of ether oxygens (including phenoxy) is 4. The molecule has 0 saturated carbocycles. The molecule has 0 spiro atoms. The Morgan fingerprint density at radius 2 is 0.495 bits per heavy atom. The first kappa shape index (κ1) is 91.1. The van der Waals surface area contributed by atoms with Gasteiger partial charge in [-0.1, -0.05) is 336 Å². The SMILES string of the molecule is CCCCCCCCCCCCCCCCCC(=O)O[C@H](COC(=O)CCCCCCCCCCCCCCCC)COP(=O)(O)OC[C@@H](O)COP(=O)(O)OC[C@@H](COC(=O)CCCCCCCCCCC(C)C)OC(=O)CCCCCCCCCCCCCCC. The van der Waals surface area contributed by atoms with E-state index in [0.29, 0.717) is 25.7 Å². The molecule has 0 saturated heterocycles. The largest absolute Gasteiger partial charge is 0.472 e. The Hall–Kier alpha value is -1.94. The Bertz CT molecular complexity index is 1790. The summed E-state index contributed by atoms with van der Waals surface area (Å²) in [4.78, 5) is 72.7. The molecule has 3 N–H and O–H groups in total. The molecular weight excluding hydrogens is 1220 g/mol. The summed E-state index contributed by atoms with van der Waals surface area (Å²) in [7, 11) is -9.91.